The summed E-state index contributed by atoms with van der Waals surface area (Å²) < 4.78 is 0.932. The number of rotatable bonds is 3. The van der Waals surface area contributed by atoms with Crippen molar-refractivity contribution in [2.24, 2.45) is 12.1 Å². The van der Waals surface area contributed by atoms with Gasteiger partial charge >= 0.3 is 5.69 Å². The van der Waals surface area contributed by atoms with Crippen molar-refractivity contribution in [3.8, 4) is 5.88 Å². The van der Waals surface area contributed by atoms with Crippen molar-refractivity contribution in [3.63, 3.8) is 0 Å². The van der Waals surface area contributed by atoms with Crippen LogP contribution in [0.15, 0.2) is 45.0 Å². The fraction of sp³-hybridized carbons (Fsp3) is 0.294. The van der Waals surface area contributed by atoms with Gasteiger partial charge in [-0.1, -0.05) is 37.3 Å². The number of aromatic hydroxyl groups is 1. The zero-order valence-corrected chi connectivity index (χ0v) is 13.9. The molecule has 0 aliphatic carbocycles. The predicted molar refractivity (Wildman–Crippen MR) is 91.4 cm³/mol. The molecule has 1 atom stereocenters. The van der Waals surface area contributed by atoms with Gasteiger partial charge in [0, 0.05) is 19.9 Å². The molecule has 8 nitrogen and oxygen atoms in total. The Labute approximate surface area is 143 Å². The van der Waals surface area contributed by atoms with E-state index in [9.17, 15) is 19.5 Å². The number of nitrogens with one attached hydrogen (secondary N) is 1. The van der Waals surface area contributed by atoms with Crippen LogP contribution < -0.4 is 11.2 Å². The summed E-state index contributed by atoms with van der Waals surface area (Å²) in [5.41, 5.74) is -0.383. The summed E-state index contributed by atoms with van der Waals surface area (Å²) in [7, 11) is 1.34. The summed E-state index contributed by atoms with van der Waals surface area (Å²) >= 11 is 0. The maximum Gasteiger partial charge on any atom is 0.330 e. The third-order valence-electron chi connectivity index (χ3n) is 4.23. The van der Waals surface area contributed by atoms with E-state index in [4.69, 9.17) is 0 Å². The van der Waals surface area contributed by atoms with Crippen LogP contribution in [0.2, 0.25) is 0 Å². The van der Waals surface area contributed by atoms with Gasteiger partial charge < -0.3 is 5.11 Å². The average Bonchev–Trinajstić information content (AvgIpc) is 3.05. The van der Waals surface area contributed by atoms with E-state index < -0.39 is 17.1 Å². The molecule has 0 bridgehead atoms. The number of hydrogen-bond acceptors (Lipinski definition) is 5. The third-order valence-corrected chi connectivity index (χ3v) is 4.23. The molecule has 1 aromatic heterocycles. The van der Waals surface area contributed by atoms with Crippen LogP contribution in [-0.2, 0) is 11.8 Å². The van der Waals surface area contributed by atoms with Crippen molar-refractivity contribution in [2.45, 2.75) is 25.8 Å². The predicted octanol–water partition coefficient (Wildman–Crippen LogP) is 0.867. The number of carbonyl (C=O) groups is 1. The summed E-state index contributed by atoms with van der Waals surface area (Å²) in [5.74, 6) is -0.658. The lowest BCUT2D eigenvalue weighted by Crippen LogP contribution is -2.32. The molecule has 1 aliphatic rings. The third kappa shape index (κ3) is 2.86. The fourth-order valence-corrected chi connectivity index (χ4v) is 2.86. The molecule has 130 valence electrons. The summed E-state index contributed by atoms with van der Waals surface area (Å²) in [6, 6.07) is 8.99. The normalized spacial score (nSPS) is 16.8. The van der Waals surface area contributed by atoms with Gasteiger partial charge in [0.25, 0.3) is 5.56 Å². The second kappa shape index (κ2) is 6.39. The van der Waals surface area contributed by atoms with Gasteiger partial charge in [-0.2, -0.15) is 5.10 Å². The van der Waals surface area contributed by atoms with Crippen molar-refractivity contribution < 1.29 is 9.90 Å². The number of hydrogen-bond donors (Lipinski definition) is 2. The molecular formula is C17H18N4O4. The highest BCUT2D eigenvalue weighted by atomic mass is 16.3. The Morgan fingerprint density at radius 3 is 2.64 bits per heavy atom. The second-order valence-electron chi connectivity index (χ2n) is 5.79. The first-order chi connectivity index (χ1) is 11.9. The van der Waals surface area contributed by atoms with Crippen LogP contribution >= 0.6 is 0 Å². The van der Waals surface area contributed by atoms with E-state index in [1.807, 2.05) is 30.3 Å². The topological polar surface area (TPSA) is 108 Å². The standard InChI is InChI=1S/C17H18N4O4/c1-3-13(22)21-12(10-7-5-4-6-8-10)9-11(19-21)14-15(23)18-17(25)20(2)16(14)24/h4-8,12,24H,3,9H2,1-2H3,(H,18,23,25). The van der Waals surface area contributed by atoms with Crippen molar-refractivity contribution in [2.75, 3.05) is 0 Å². The van der Waals surface area contributed by atoms with Crippen molar-refractivity contribution >= 4 is 11.6 Å². The second-order valence-corrected chi connectivity index (χ2v) is 5.79. The van der Waals surface area contributed by atoms with Gasteiger partial charge in [-0.3, -0.25) is 19.1 Å². The van der Waals surface area contributed by atoms with Gasteiger partial charge in [0.1, 0.15) is 5.56 Å². The number of aromatic nitrogens is 2. The smallest absolute Gasteiger partial charge is 0.330 e. The Morgan fingerprint density at radius 2 is 2.00 bits per heavy atom. The zero-order valence-electron chi connectivity index (χ0n) is 13.9. The Morgan fingerprint density at radius 1 is 1.32 bits per heavy atom. The molecule has 1 unspecified atom stereocenters. The van der Waals surface area contributed by atoms with E-state index in [1.165, 1.54) is 12.1 Å². The lowest BCUT2D eigenvalue weighted by Gasteiger charge is -2.21. The van der Waals surface area contributed by atoms with E-state index in [0.29, 0.717) is 0 Å². The monoisotopic (exact) mass is 342 g/mol. The minimum Gasteiger partial charge on any atom is -0.494 e. The molecule has 8 heteroatoms. The number of benzene rings is 1. The molecule has 0 radical (unpaired) electrons. The Kier molecular flexibility index (Phi) is 4.26. The van der Waals surface area contributed by atoms with Crippen molar-refractivity contribution in [1.29, 1.82) is 0 Å². The Balaban J connectivity index is 2.10. The maximum atomic E-state index is 12.3. The van der Waals surface area contributed by atoms with Gasteiger partial charge in [-0.25, -0.2) is 9.80 Å². The first-order valence-electron chi connectivity index (χ1n) is 7.91. The number of hydrazone groups is 1. The van der Waals surface area contributed by atoms with E-state index in [0.717, 1.165) is 10.1 Å². The molecule has 3 rings (SSSR count). The lowest BCUT2D eigenvalue weighted by molar-refractivity contribution is -0.132. The van der Waals surface area contributed by atoms with Gasteiger partial charge in [0.15, 0.2) is 0 Å². The quantitative estimate of drug-likeness (QED) is 0.862. The van der Waals surface area contributed by atoms with Crippen LogP contribution in [0.5, 0.6) is 5.88 Å². The van der Waals surface area contributed by atoms with Crippen LogP contribution in [0.3, 0.4) is 0 Å². The minimum atomic E-state index is -0.725. The first-order valence-corrected chi connectivity index (χ1v) is 7.91. The van der Waals surface area contributed by atoms with E-state index >= 15 is 0 Å². The zero-order chi connectivity index (χ0) is 18.1. The molecule has 2 aromatic rings. The van der Waals surface area contributed by atoms with E-state index in [-0.39, 0.29) is 36.1 Å². The van der Waals surface area contributed by atoms with Crippen molar-refractivity contribution in [1.82, 2.24) is 14.6 Å². The van der Waals surface area contributed by atoms with Crippen molar-refractivity contribution in [3.05, 3.63) is 62.3 Å². The molecule has 1 aromatic carbocycles. The molecule has 1 aliphatic heterocycles. The maximum absolute atomic E-state index is 12.3. The molecule has 0 saturated carbocycles. The minimum absolute atomic E-state index is 0.0885. The highest BCUT2D eigenvalue weighted by Gasteiger charge is 2.34. The fourth-order valence-electron chi connectivity index (χ4n) is 2.86. The number of nitrogens with zero attached hydrogens (tertiary/aromatic N) is 3. The number of aromatic amines is 1. The Bertz CT molecular complexity index is 959. The number of amides is 1. The van der Waals surface area contributed by atoms with Crippen LogP contribution in [0.4, 0.5) is 0 Å². The molecule has 0 spiro atoms. The molecule has 25 heavy (non-hydrogen) atoms. The van der Waals surface area contributed by atoms with Crippen LogP contribution in [0.25, 0.3) is 0 Å². The van der Waals surface area contributed by atoms with Crippen LogP contribution in [-0.4, -0.2) is 31.3 Å². The van der Waals surface area contributed by atoms with Gasteiger partial charge in [0.2, 0.25) is 11.8 Å². The van der Waals surface area contributed by atoms with E-state index in [1.54, 1.807) is 6.92 Å². The van der Waals surface area contributed by atoms with Crippen LogP contribution in [0.1, 0.15) is 36.9 Å². The molecule has 1 amide bonds. The van der Waals surface area contributed by atoms with Gasteiger partial charge in [-0.15, -0.1) is 0 Å². The van der Waals surface area contributed by atoms with Crippen LogP contribution in [0, 0.1) is 0 Å². The average molecular weight is 342 g/mol. The highest BCUT2D eigenvalue weighted by Crippen LogP contribution is 2.33. The first kappa shape index (κ1) is 16.7. The molecular weight excluding hydrogens is 324 g/mol. The van der Waals surface area contributed by atoms with Gasteiger partial charge in [0.05, 0.1) is 11.8 Å². The SMILES string of the molecule is CCC(=O)N1N=C(c2c(O)n(C)c(=O)[nH]c2=O)CC1c1ccccc1. The van der Waals surface area contributed by atoms with Gasteiger partial charge in [-0.05, 0) is 5.56 Å². The molecule has 2 N–H and O–H groups in total. The number of H-pyrrole nitrogens is 1. The molecule has 0 fully saturated rings. The Hall–Kier alpha value is -3.16. The molecule has 0 saturated heterocycles. The largest absolute Gasteiger partial charge is 0.494 e. The lowest BCUT2D eigenvalue weighted by atomic mass is 9.99. The number of carbonyl (C=O) groups excluding carboxylic acids is 1. The summed E-state index contributed by atoms with van der Waals surface area (Å²) in [6.07, 6.45) is 0.528. The summed E-state index contributed by atoms with van der Waals surface area (Å²) in [6.45, 7) is 1.73. The highest BCUT2D eigenvalue weighted by molar-refractivity contribution is 6.04. The molecule has 2 heterocycles. The summed E-state index contributed by atoms with van der Waals surface area (Å²) in [4.78, 5) is 38.2. The van der Waals surface area contributed by atoms with E-state index in [2.05, 4.69) is 10.1 Å². The summed E-state index contributed by atoms with van der Waals surface area (Å²) in [5, 5.41) is 15.8.